The molecular weight excluding hydrogens is 470 g/mol. The van der Waals surface area contributed by atoms with Gasteiger partial charge in [-0.2, -0.15) is 0 Å². The maximum absolute atomic E-state index is 14.0. The van der Waals surface area contributed by atoms with Crippen LogP contribution in [0.25, 0.3) is 11.0 Å². The number of benzene rings is 2. The molecule has 0 aliphatic heterocycles. The largest absolute Gasteiger partial charge is 0.464 e. The summed E-state index contributed by atoms with van der Waals surface area (Å²) < 4.78 is 7.40. The van der Waals surface area contributed by atoms with Crippen LogP contribution in [0.2, 0.25) is 0 Å². The van der Waals surface area contributed by atoms with Gasteiger partial charge in [-0.3, -0.25) is 19.3 Å². The number of carbonyl (C=O) groups is 3. The fraction of sp³-hybridized carbons (Fsp3) is 0.321. The van der Waals surface area contributed by atoms with Gasteiger partial charge in [0.2, 0.25) is 5.91 Å². The van der Waals surface area contributed by atoms with E-state index < -0.39 is 17.5 Å². The van der Waals surface area contributed by atoms with E-state index in [-0.39, 0.29) is 18.2 Å². The zero-order chi connectivity index (χ0) is 26.7. The number of aryl methyl sites for hydroxylation is 1. The van der Waals surface area contributed by atoms with Gasteiger partial charge in [-0.15, -0.1) is 5.10 Å². The first-order valence-corrected chi connectivity index (χ1v) is 12.2. The summed E-state index contributed by atoms with van der Waals surface area (Å²) in [5.41, 5.74) is 1.80. The third kappa shape index (κ3) is 5.61. The van der Waals surface area contributed by atoms with E-state index in [4.69, 9.17) is 4.42 Å². The number of amides is 2. The summed E-state index contributed by atoms with van der Waals surface area (Å²) in [5, 5.41) is 11.4. The molecule has 0 saturated carbocycles. The lowest BCUT2D eigenvalue weighted by atomic mass is 10.0. The van der Waals surface area contributed by atoms with E-state index in [1.54, 1.807) is 43.3 Å². The maximum Gasteiger partial charge on any atom is 0.251 e. The highest BCUT2D eigenvalue weighted by Crippen LogP contribution is 2.31. The van der Waals surface area contributed by atoms with Crippen LogP contribution in [0.3, 0.4) is 0 Å². The Labute approximate surface area is 215 Å². The molecule has 0 aliphatic rings. The normalized spacial score (nSPS) is 12.4. The molecule has 37 heavy (non-hydrogen) atoms. The van der Waals surface area contributed by atoms with E-state index in [0.717, 1.165) is 0 Å². The molecule has 0 saturated heterocycles. The topological polar surface area (TPSA) is 110 Å². The minimum atomic E-state index is -1.09. The van der Waals surface area contributed by atoms with Gasteiger partial charge in [0.15, 0.2) is 11.8 Å². The number of ketones is 1. The van der Waals surface area contributed by atoms with E-state index >= 15 is 0 Å². The molecule has 0 spiro atoms. The molecule has 0 fully saturated rings. The molecule has 2 aromatic heterocycles. The molecular formula is C28H31N5O4. The summed E-state index contributed by atoms with van der Waals surface area (Å²) in [6.45, 7) is 8.92. The summed E-state index contributed by atoms with van der Waals surface area (Å²) in [6.07, 6.45) is 0.689. The Kier molecular flexibility index (Phi) is 7.24. The minimum Gasteiger partial charge on any atom is -0.464 e. The highest BCUT2D eigenvalue weighted by Gasteiger charge is 2.37. The second kappa shape index (κ2) is 10.4. The van der Waals surface area contributed by atoms with Crippen molar-refractivity contribution in [1.82, 2.24) is 20.3 Å². The lowest BCUT2D eigenvalue weighted by Crippen LogP contribution is -2.51. The number of nitrogens with one attached hydrogen (secondary N) is 1. The van der Waals surface area contributed by atoms with Gasteiger partial charge < -0.3 is 9.73 Å². The van der Waals surface area contributed by atoms with Gasteiger partial charge in [0.1, 0.15) is 23.6 Å². The Morgan fingerprint density at radius 2 is 1.76 bits per heavy atom. The van der Waals surface area contributed by atoms with Crippen molar-refractivity contribution in [3.05, 3.63) is 77.7 Å². The van der Waals surface area contributed by atoms with Crippen LogP contribution < -0.4 is 10.2 Å². The molecule has 1 atom stereocenters. The number of fused-ring (bicyclic) bond motifs is 1. The molecule has 4 aromatic rings. The average Bonchev–Trinajstić information content (AvgIpc) is 3.48. The van der Waals surface area contributed by atoms with E-state index in [1.807, 2.05) is 45.0 Å². The number of nitrogens with zero attached hydrogens (tertiary/aromatic N) is 4. The molecule has 192 valence electrons. The van der Waals surface area contributed by atoms with Crippen molar-refractivity contribution in [1.29, 1.82) is 0 Å². The molecule has 9 heteroatoms. The maximum atomic E-state index is 14.0. The number of hydrogen-bond acceptors (Lipinski definition) is 6. The molecule has 4 rings (SSSR count). The van der Waals surface area contributed by atoms with Gasteiger partial charge in [-0.05, 0) is 82.6 Å². The van der Waals surface area contributed by atoms with E-state index in [0.29, 0.717) is 40.2 Å². The molecule has 0 aliphatic carbocycles. The Hall–Kier alpha value is -4.27. The first-order chi connectivity index (χ1) is 17.6. The Balaban J connectivity index is 1.81. The third-order valence-corrected chi connectivity index (χ3v) is 6.41. The van der Waals surface area contributed by atoms with Crippen LogP contribution in [0.5, 0.6) is 0 Å². The highest BCUT2D eigenvalue weighted by molar-refractivity contribution is 6.02. The number of furan rings is 1. The fourth-order valence-corrected chi connectivity index (χ4v) is 4.00. The number of rotatable bonds is 9. The van der Waals surface area contributed by atoms with Crippen LogP contribution in [0.4, 0.5) is 5.69 Å². The van der Waals surface area contributed by atoms with Gasteiger partial charge >= 0.3 is 0 Å². The summed E-state index contributed by atoms with van der Waals surface area (Å²) >= 11 is 0. The Bertz CT molecular complexity index is 1430. The van der Waals surface area contributed by atoms with Crippen LogP contribution >= 0.6 is 0 Å². The van der Waals surface area contributed by atoms with Gasteiger partial charge in [0.25, 0.3) is 5.91 Å². The Morgan fingerprint density at radius 3 is 2.38 bits per heavy atom. The zero-order valence-corrected chi connectivity index (χ0v) is 21.7. The number of carbonyl (C=O) groups excluding carboxylic acids is 3. The molecule has 0 bridgehead atoms. The van der Waals surface area contributed by atoms with E-state index in [9.17, 15) is 14.4 Å². The molecule has 2 amide bonds. The predicted octanol–water partition coefficient (Wildman–Crippen LogP) is 4.61. The monoisotopic (exact) mass is 501 g/mol. The van der Waals surface area contributed by atoms with Crippen LogP contribution in [-0.2, 0) is 16.1 Å². The van der Waals surface area contributed by atoms with E-state index in [1.165, 1.54) is 16.5 Å². The molecule has 9 nitrogen and oxygen atoms in total. The predicted molar refractivity (Wildman–Crippen MR) is 140 cm³/mol. The first-order valence-electron chi connectivity index (χ1n) is 12.2. The lowest BCUT2D eigenvalue weighted by Gasteiger charge is -2.33. The lowest BCUT2D eigenvalue weighted by molar-refractivity contribution is -0.128. The SMILES string of the molecule is CCC(C)(C)NC(=O)C(c1ccc(C)o1)N(C(=O)Cn1nnc2ccccc21)c1ccc(C(C)=O)cc1. The van der Waals surface area contributed by atoms with Gasteiger partial charge in [-0.1, -0.05) is 24.3 Å². The fourth-order valence-electron chi connectivity index (χ4n) is 4.00. The van der Waals surface area contributed by atoms with Crippen molar-refractivity contribution in [2.24, 2.45) is 0 Å². The number of para-hydroxylation sites is 1. The third-order valence-electron chi connectivity index (χ3n) is 6.41. The second-order valence-electron chi connectivity index (χ2n) is 9.68. The molecule has 1 N–H and O–H groups in total. The van der Waals surface area contributed by atoms with Gasteiger partial charge in [0.05, 0.1) is 5.52 Å². The van der Waals surface area contributed by atoms with Crippen LogP contribution in [0.15, 0.2) is 65.1 Å². The first kappa shape index (κ1) is 25.8. The molecule has 0 radical (unpaired) electrons. The number of hydrogen-bond donors (Lipinski definition) is 1. The zero-order valence-electron chi connectivity index (χ0n) is 21.7. The minimum absolute atomic E-state index is 0.0980. The summed E-state index contributed by atoms with van der Waals surface area (Å²) in [5.74, 6) is 0.0704. The quantitative estimate of drug-likeness (QED) is 0.335. The van der Waals surface area contributed by atoms with Crippen molar-refractivity contribution in [2.45, 2.75) is 59.2 Å². The summed E-state index contributed by atoms with van der Waals surface area (Å²) in [4.78, 5) is 41.0. The summed E-state index contributed by atoms with van der Waals surface area (Å²) in [7, 11) is 0. The number of Topliss-reactive ketones (excluding diaryl/α,β-unsaturated/α-hetero) is 1. The smallest absolute Gasteiger partial charge is 0.251 e. The second-order valence-corrected chi connectivity index (χ2v) is 9.68. The van der Waals surface area contributed by atoms with E-state index in [2.05, 4.69) is 15.6 Å². The standard InChI is InChI=1S/C28H31N5O4/c1-6-28(4,5)29-27(36)26(24-16-11-18(2)37-24)33(21-14-12-20(13-15-21)19(3)34)25(35)17-32-23-10-8-7-9-22(23)30-31-32/h7-16,26H,6,17H2,1-5H3,(H,29,36). The van der Waals surface area contributed by atoms with Crippen molar-refractivity contribution in [3.63, 3.8) is 0 Å². The van der Waals surface area contributed by atoms with Gasteiger partial charge in [0, 0.05) is 16.8 Å². The van der Waals surface area contributed by atoms with Crippen LogP contribution in [0, 0.1) is 6.92 Å². The summed E-state index contributed by atoms with van der Waals surface area (Å²) in [6, 6.07) is 16.3. The number of anilines is 1. The molecule has 2 aromatic carbocycles. The van der Waals surface area contributed by atoms with Crippen molar-refractivity contribution < 1.29 is 18.8 Å². The van der Waals surface area contributed by atoms with Gasteiger partial charge in [-0.25, -0.2) is 4.68 Å². The number of aromatic nitrogens is 3. The average molecular weight is 502 g/mol. The highest BCUT2D eigenvalue weighted by atomic mass is 16.3. The van der Waals surface area contributed by atoms with Crippen molar-refractivity contribution >= 4 is 34.3 Å². The molecule has 1 unspecified atom stereocenters. The van der Waals surface area contributed by atoms with Crippen LogP contribution in [0.1, 0.15) is 62.0 Å². The van der Waals surface area contributed by atoms with Crippen LogP contribution in [-0.4, -0.2) is 38.1 Å². The van der Waals surface area contributed by atoms with Crippen molar-refractivity contribution in [2.75, 3.05) is 4.90 Å². The molecule has 2 heterocycles. The Morgan fingerprint density at radius 1 is 1.05 bits per heavy atom. The van der Waals surface area contributed by atoms with Crippen molar-refractivity contribution in [3.8, 4) is 0 Å².